The van der Waals surface area contributed by atoms with E-state index in [1.807, 2.05) is 44.2 Å². The molecule has 2 N–H and O–H groups in total. The monoisotopic (exact) mass is 556 g/mol. The summed E-state index contributed by atoms with van der Waals surface area (Å²) in [6, 6.07) is 16.3. The number of hydrogen-bond donors (Lipinski definition) is 2. The summed E-state index contributed by atoms with van der Waals surface area (Å²) in [4.78, 5) is 26.9. The fraction of sp³-hybridized carbons (Fsp3) is 0.333. The van der Waals surface area contributed by atoms with E-state index in [9.17, 15) is 28.4 Å². The van der Waals surface area contributed by atoms with Gasteiger partial charge in [0.1, 0.15) is 6.61 Å². The molecule has 3 aromatic rings. The van der Waals surface area contributed by atoms with Crippen LogP contribution in [0.4, 0.5) is 10.5 Å². The van der Waals surface area contributed by atoms with E-state index in [0.29, 0.717) is 5.56 Å². The maximum absolute atomic E-state index is 13.5. The summed E-state index contributed by atoms with van der Waals surface area (Å²) in [6.45, 7) is 3.40. The normalized spacial score (nSPS) is 13.2. The molecule has 39 heavy (non-hydrogen) atoms. The van der Waals surface area contributed by atoms with Gasteiger partial charge >= 0.3 is 6.09 Å². The van der Waals surface area contributed by atoms with Gasteiger partial charge in [-0.3, -0.25) is 15.1 Å². The van der Waals surface area contributed by atoms with E-state index in [1.165, 1.54) is 12.1 Å². The number of non-ortho nitro benzene ring substituents is 1. The number of aromatic nitrogens is 1. The molecule has 2 atom stereocenters. The second kappa shape index (κ2) is 13.8. The van der Waals surface area contributed by atoms with Gasteiger partial charge in [-0.2, -0.15) is 4.31 Å². The Morgan fingerprint density at radius 1 is 1.05 bits per heavy atom. The second-order valence-electron chi connectivity index (χ2n) is 9.41. The third-order valence-electron chi connectivity index (χ3n) is 5.80. The molecule has 0 aliphatic rings. The topological polar surface area (TPSA) is 152 Å². The summed E-state index contributed by atoms with van der Waals surface area (Å²) in [5.41, 5.74) is 1.27. The smallest absolute Gasteiger partial charge is 0.407 e. The van der Waals surface area contributed by atoms with Crippen molar-refractivity contribution in [3.8, 4) is 0 Å². The highest BCUT2D eigenvalue weighted by atomic mass is 32.2. The Labute approximate surface area is 227 Å². The molecule has 0 fully saturated rings. The van der Waals surface area contributed by atoms with Crippen LogP contribution in [0.5, 0.6) is 0 Å². The van der Waals surface area contributed by atoms with Crippen molar-refractivity contribution in [1.82, 2.24) is 14.6 Å². The number of aliphatic hydroxyl groups is 1. The molecule has 2 aromatic carbocycles. The molecule has 0 unspecified atom stereocenters. The van der Waals surface area contributed by atoms with Crippen LogP contribution in [-0.4, -0.2) is 59.1 Å². The first kappa shape index (κ1) is 29.7. The summed E-state index contributed by atoms with van der Waals surface area (Å²) in [6.07, 6.45) is 1.31. The number of rotatable bonds is 13. The zero-order chi connectivity index (χ0) is 28.4. The number of sulfonamides is 1. The first-order valence-corrected chi connectivity index (χ1v) is 13.8. The van der Waals surface area contributed by atoms with Crippen LogP contribution < -0.4 is 5.32 Å². The molecule has 0 saturated carbocycles. The van der Waals surface area contributed by atoms with Gasteiger partial charge in [0.2, 0.25) is 10.0 Å². The van der Waals surface area contributed by atoms with Crippen LogP contribution in [0.15, 0.2) is 84.0 Å². The molecule has 12 heteroatoms. The number of benzene rings is 2. The summed E-state index contributed by atoms with van der Waals surface area (Å²) in [7, 11) is -4.11. The molecule has 1 amide bonds. The van der Waals surface area contributed by atoms with Gasteiger partial charge in [0.05, 0.1) is 22.0 Å². The number of nitro benzene ring substituents is 1. The van der Waals surface area contributed by atoms with Gasteiger partial charge in [-0.05, 0) is 36.1 Å². The Morgan fingerprint density at radius 2 is 1.72 bits per heavy atom. The lowest BCUT2D eigenvalue weighted by atomic mass is 10.0. The molecule has 0 aliphatic carbocycles. The number of ether oxygens (including phenoxy) is 1. The number of nitrogens with one attached hydrogen (secondary N) is 1. The van der Waals surface area contributed by atoms with E-state index in [0.717, 1.165) is 22.0 Å². The fourth-order valence-corrected chi connectivity index (χ4v) is 5.50. The van der Waals surface area contributed by atoms with Crippen molar-refractivity contribution in [3.63, 3.8) is 0 Å². The molecular weight excluding hydrogens is 524 g/mol. The van der Waals surface area contributed by atoms with Crippen LogP contribution in [0, 0.1) is 16.0 Å². The van der Waals surface area contributed by atoms with E-state index < -0.39 is 33.2 Å². The zero-order valence-electron chi connectivity index (χ0n) is 21.7. The number of amides is 1. The molecule has 0 spiro atoms. The van der Waals surface area contributed by atoms with E-state index >= 15 is 0 Å². The SMILES string of the molecule is CC(C)CN(C[C@@H](O)[C@H](Cc1ccccc1)NC(=O)OCc1cccnc1)S(=O)(=O)c1ccc([N+](=O)[O-])cc1. The highest BCUT2D eigenvalue weighted by Gasteiger charge is 2.32. The number of carbonyl (C=O) groups excluding carboxylic acids is 1. The van der Waals surface area contributed by atoms with Crippen molar-refractivity contribution in [1.29, 1.82) is 0 Å². The maximum Gasteiger partial charge on any atom is 0.407 e. The Balaban J connectivity index is 1.80. The fourth-order valence-electron chi connectivity index (χ4n) is 3.88. The van der Waals surface area contributed by atoms with E-state index in [2.05, 4.69) is 10.3 Å². The molecule has 1 heterocycles. The van der Waals surface area contributed by atoms with Crippen molar-refractivity contribution in [3.05, 3.63) is 100 Å². The lowest BCUT2D eigenvalue weighted by Gasteiger charge is -2.30. The number of nitrogens with zero attached hydrogens (tertiary/aromatic N) is 3. The number of carbonyl (C=O) groups is 1. The van der Waals surface area contributed by atoms with E-state index in [1.54, 1.807) is 24.5 Å². The zero-order valence-corrected chi connectivity index (χ0v) is 22.5. The minimum absolute atomic E-state index is 0.0260. The quantitative estimate of drug-likeness (QED) is 0.240. The molecule has 0 radical (unpaired) electrons. The minimum Gasteiger partial charge on any atom is -0.445 e. The molecule has 11 nitrogen and oxygen atoms in total. The van der Waals surface area contributed by atoms with Crippen LogP contribution >= 0.6 is 0 Å². The molecular formula is C27H32N4O7S. The van der Waals surface area contributed by atoms with Gasteiger partial charge in [-0.15, -0.1) is 0 Å². The predicted molar refractivity (Wildman–Crippen MR) is 144 cm³/mol. The van der Waals surface area contributed by atoms with Crippen molar-refractivity contribution in [2.24, 2.45) is 5.92 Å². The summed E-state index contributed by atoms with van der Waals surface area (Å²) in [5, 5.41) is 24.9. The van der Waals surface area contributed by atoms with Crippen LogP contribution in [0.25, 0.3) is 0 Å². The molecule has 0 aliphatic heterocycles. The summed E-state index contributed by atoms with van der Waals surface area (Å²) < 4.78 is 33.4. The van der Waals surface area contributed by atoms with Crippen LogP contribution in [-0.2, 0) is 27.8 Å². The third kappa shape index (κ3) is 8.84. The number of hydrogen-bond acceptors (Lipinski definition) is 8. The van der Waals surface area contributed by atoms with Gasteiger partial charge in [0, 0.05) is 43.2 Å². The summed E-state index contributed by atoms with van der Waals surface area (Å²) >= 11 is 0. The second-order valence-corrected chi connectivity index (χ2v) is 11.4. The Kier molecular flexibility index (Phi) is 10.5. The van der Waals surface area contributed by atoms with Gasteiger partial charge in [-0.1, -0.05) is 50.2 Å². The van der Waals surface area contributed by atoms with Crippen molar-refractivity contribution >= 4 is 21.8 Å². The standard InChI is InChI=1S/C27H32N4O7S/c1-20(2)17-30(39(36,37)24-12-10-23(11-13-24)31(34)35)18-26(32)25(15-21-7-4-3-5-8-21)29-27(33)38-19-22-9-6-14-28-16-22/h3-14,16,20,25-26,32H,15,17-19H2,1-2H3,(H,29,33)/t25-,26+/m0/s1. The summed E-state index contributed by atoms with van der Waals surface area (Å²) in [5.74, 6) is -0.0880. The molecule has 208 valence electrons. The number of aliphatic hydroxyl groups excluding tert-OH is 1. The number of alkyl carbamates (subject to hydrolysis) is 1. The van der Waals surface area contributed by atoms with Gasteiger partial charge in [0.25, 0.3) is 5.69 Å². The van der Waals surface area contributed by atoms with Crippen molar-refractivity contribution in [2.75, 3.05) is 13.1 Å². The maximum atomic E-state index is 13.5. The van der Waals surface area contributed by atoms with Gasteiger partial charge < -0.3 is 15.2 Å². The van der Waals surface area contributed by atoms with Gasteiger partial charge in [-0.25, -0.2) is 13.2 Å². The Hall–Kier alpha value is -3.87. The lowest BCUT2D eigenvalue weighted by Crippen LogP contribution is -2.51. The van der Waals surface area contributed by atoms with Crippen molar-refractivity contribution in [2.45, 2.75) is 43.9 Å². The first-order chi connectivity index (χ1) is 18.6. The van der Waals surface area contributed by atoms with Crippen LogP contribution in [0.3, 0.4) is 0 Å². The van der Waals surface area contributed by atoms with E-state index in [-0.39, 0.29) is 42.6 Å². The number of pyridine rings is 1. The lowest BCUT2D eigenvalue weighted by molar-refractivity contribution is -0.384. The molecule has 1 aromatic heterocycles. The Bertz CT molecular complexity index is 1320. The highest BCUT2D eigenvalue weighted by molar-refractivity contribution is 7.89. The minimum atomic E-state index is -4.11. The van der Waals surface area contributed by atoms with E-state index in [4.69, 9.17) is 4.74 Å². The Morgan fingerprint density at radius 3 is 2.31 bits per heavy atom. The predicted octanol–water partition coefficient (Wildman–Crippen LogP) is 3.54. The average Bonchev–Trinajstić information content (AvgIpc) is 2.92. The average molecular weight is 557 g/mol. The third-order valence-corrected chi connectivity index (χ3v) is 7.65. The van der Waals surface area contributed by atoms with Gasteiger partial charge in [0.15, 0.2) is 0 Å². The molecule has 0 bridgehead atoms. The largest absolute Gasteiger partial charge is 0.445 e. The van der Waals surface area contributed by atoms with Crippen molar-refractivity contribution < 1.29 is 28.0 Å². The number of nitro groups is 1. The molecule has 3 rings (SSSR count). The van der Waals surface area contributed by atoms with Crippen LogP contribution in [0.1, 0.15) is 25.0 Å². The van der Waals surface area contributed by atoms with Crippen LogP contribution in [0.2, 0.25) is 0 Å². The first-order valence-electron chi connectivity index (χ1n) is 12.3. The highest BCUT2D eigenvalue weighted by Crippen LogP contribution is 2.22. The molecule has 0 saturated heterocycles.